The highest BCUT2D eigenvalue weighted by Crippen LogP contribution is 2.24. The number of hydrogen-bond acceptors (Lipinski definition) is 4. The second-order valence-electron chi connectivity index (χ2n) is 5.49. The lowest BCUT2D eigenvalue weighted by Crippen LogP contribution is -2.13. The van der Waals surface area contributed by atoms with Gasteiger partial charge in [-0.3, -0.25) is 4.79 Å². The van der Waals surface area contributed by atoms with Crippen LogP contribution in [0, 0.1) is 12.8 Å². The molecule has 2 N–H and O–H groups in total. The number of thioether (sulfide) groups is 1. The first-order valence-corrected chi connectivity index (χ1v) is 8.09. The van der Waals surface area contributed by atoms with Crippen molar-refractivity contribution < 1.29 is 5.11 Å². The summed E-state index contributed by atoms with van der Waals surface area (Å²) < 4.78 is 0. The number of aromatic amines is 1. The van der Waals surface area contributed by atoms with Crippen LogP contribution in [0.1, 0.15) is 25.2 Å². The molecule has 0 aliphatic carbocycles. The van der Waals surface area contributed by atoms with E-state index in [4.69, 9.17) is 0 Å². The number of aromatic nitrogens is 2. The largest absolute Gasteiger partial charge is 0.493 e. The number of nitrogens with one attached hydrogen (secondary N) is 1. The van der Waals surface area contributed by atoms with Gasteiger partial charge in [-0.05, 0) is 24.2 Å². The highest BCUT2D eigenvalue weighted by Gasteiger charge is 2.13. The Hall–Kier alpha value is -1.75. The molecule has 1 aromatic heterocycles. The summed E-state index contributed by atoms with van der Waals surface area (Å²) in [7, 11) is 0. The second-order valence-corrected chi connectivity index (χ2v) is 6.52. The minimum absolute atomic E-state index is 0.204. The van der Waals surface area contributed by atoms with Crippen LogP contribution in [0.15, 0.2) is 29.1 Å². The number of H-pyrrole nitrogens is 1. The van der Waals surface area contributed by atoms with Crippen LogP contribution in [0.4, 0.5) is 0 Å². The first kappa shape index (κ1) is 15.6. The van der Waals surface area contributed by atoms with E-state index in [-0.39, 0.29) is 17.0 Å². The highest BCUT2D eigenvalue weighted by atomic mass is 32.2. The standard InChI is InChI=1S/C16H20N2O2S/c1-10(2)8-21-9-13-17-15(19)14(16(20)18-13)12-6-4-5-11(3)7-12/h4-7,10H,8-9H2,1-3H3,(H2,17,18,19,20). The summed E-state index contributed by atoms with van der Waals surface area (Å²) in [4.78, 5) is 19.1. The van der Waals surface area contributed by atoms with Crippen molar-refractivity contribution in [3.63, 3.8) is 0 Å². The van der Waals surface area contributed by atoms with Gasteiger partial charge in [-0.2, -0.15) is 16.7 Å². The van der Waals surface area contributed by atoms with Crippen molar-refractivity contribution in [2.75, 3.05) is 5.75 Å². The number of aryl methyl sites for hydroxylation is 1. The van der Waals surface area contributed by atoms with Crippen molar-refractivity contribution in [1.82, 2.24) is 9.97 Å². The fourth-order valence-electron chi connectivity index (χ4n) is 2.03. The van der Waals surface area contributed by atoms with E-state index < -0.39 is 0 Å². The zero-order valence-electron chi connectivity index (χ0n) is 12.5. The van der Waals surface area contributed by atoms with Crippen LogP contribution >= 0.6 is 11.8 Å². The highest BCUT2D eigenvalue weighted by molar-refractivity contribution is 7.98. The van der Waals surface area contributed by atoms with E-state index in [1.807, 2.05) is 25.1 Å². The maximum atomic E-state index is 12.2. The minimum Gasteiger partial charge on any atom is -0.493 e. The Kier molecular flexibility index (Phi) is 5.07. The zero-order chi connectivity index (χ0) is 15.4. The molecule has 0 bridgehead atoms. The van der Waals surface area contributed by atoms with Crippen molar-refractivity contribution in [3.8, 4) is 17.0 Å². The van der Waals surface area contributed by atoms with E-state index in [9.17, 15) is 9.90 Å². The van der Waals surface area contributed by atoms with Crippen molar-refractivity contribution >= 4 is 11.8 Å². The number of rotatable bonds is 5. The van der Waals surface area contributed by atoms with Crippen molar-refractivity contribution in [2.45, 2.75) is 26.5 Å². The van der Waals surface area contributed by atoms with E-state index in [0.717, 1.165) is 11.3 Å². The van der Waals surface area contributed by atoms with Gasteiger partial charge in [0.05, 0.1) is 5.75 Å². The molecule has 0 spiro atoms. The Morgan fingerprint density at radius 3 is 2.76 bits per heavy atom. The monoisotopic (exact) mass is 304 g/mol. The third-order valence-electron chi connectivity index (χ3n) is 2.95. The maximum Gasteiger partial charge on any atom is 0.262 e. The van der Waals surface area contributed by atoms with Crippen LogP contribution in [0.2, 0.25) is 0 Å². The van der Waals surface area contributed by atoms with E-state index in [1.165, 1.54) is 0 Å². The molecule has 0 saturated carbocycles. The van der Waals surface area contributed by atoms with Crippen LogP contribution in [-0.4, -0.2) is 20.8 Å². The molecule has 0 fully saturated rings. The number of aromatic hydroxyl groups is 1. The molecule has 2 aromatic rings. The molecule has 0 radical (unpaired) electrons. The molecule has 112 valence electrons. The molecule has 0 aliphatic heterocycles. The third-order valence-corrected chi connectivity index (χ3v) is 4.33. The molecule has 0 atom stereocenters. The molecule has 0 aliphatic rings. The Morgan fingerprint density at radius 1 is 1.38 bits per heavy atom. The Morgan fingerprint density at radius 2 is 2.14 bits per heavy atom. The Labute approximate surface area is 128 Å². The molecule has 0 amide bonds. The van der Waals surface area contributed by atoms with E-state index in [0.29, 0.717) is 23.1 Å². The normalized spacial score (nSPS) is 11.0. The maximum absolute atomic E-state index is 12.2. The first-order chi connectivity index (χ1) is 9.97. The molecule has 2 rings (SSSR count). The van der Waals surface area contributed by atoms with Crippen molar-refractivity contribution in [2.24, 2.45) is 5.92 Å². The van der Waals surface area contributed by atoms with Gasteiger partial charge in [0.2, 0.25) is 5.88 Å². The number of benzene rings is 1. The van der Waals surface area contributed by atoms with Crippen LogP contribution in [0.25, 0.3) is 11.1 Å². The van der Waals surface area contributed by atoms with Gasteiger partial charge in [-0.1, -0.05) is 43.7 Å². The molecule has 4 nitrogen and oxygen atoms in total. The van der Waals surface area contributed by atoms with Gasteiger partial charge in [-0.15, -0.1) is 0 Å². The van der Waals surface area contributed by atoms with Gasteiger partial charge in [0, 0.05) is 0 Å². The third kappa shape index (κ3) is 4.11. The topological polar surface area (TPSA) is 66.0 Å². The van der Waals surface area contributed by atoms with E-state index in [2.05, 4.69) is 23.8 Å². The molecular weight excluding hydrogens is 284 g/mol. The fraction of sp³-hybridized carbons (Fsp3) is 0.375. The average Bonchev–Trinajstić information content (AvgIpc) is 2.37. The molecule has 0 saturated heterocycles. The quantitative estimate of drug-likeness (QED) is 0.889. The van der Waals surface area contributed by atoms with Gasteiger partial charge in [0.15, 0.2) is 0 Å². The van der Waals surface area contributed by atoms with Crippen molar-refractivity contribution in [1.29, 1.82) is 0 Å². The summed E-state index contributed by atoms with van der Waals surface area (Å²) in [6, 6.07) is 7.46. The van der Waals surface area contributed by atoms with Crippen LogP contribution < -0.4 is 5.56 Å². The molecule has 21 heavy (non-hydrogen) atoms. The molecule has 1 aromatic carbocycles. The van der Waals surface area contributed by atoms with Crippen LogP contribution in [0.3, 0.4) is 0 Å². The van der Waals surface area contributed by atoms with Crippen molar-refractivity contribution in [3.05, 3.63) is 46.0 Å². The summed E-state index contributed by atoms with van der Waals surface area (Å²) in [5.41, 5.74) is 1.65. The smallest absolute Gasteiger partial charge is 0.262 e. The van der Waals surface area contributed by atoms with E-state index >= 15 is 0 Å². The summed E-state index contributed by atoms with van der Waals surface area (Å²) >= 11 is 1.69. The fourth-order valence-corrected chi connectivity index (χ4v) is 2.95. The lowest BCUT2D eigenvalue weighted by molar-refractivity contribution is 0.451. The SMILES string of the molecule is Cc1cccc(-c2c(O)nc(CSCC(C)C)[nH]c2=O)c1. The Balaban J connectivity index is 2.28. The van der Waals surface area contributed by atoms with Gasteiger partial charge in [0.25, 0.3) is 5.56 Å². The van der Waals surface area contributed by atoms with E-state index in [1.54, 1.807) is 17.8 Å². The minimum atomic E-state index is -0.298. The van der Waals surface area contributed by atoms with Gasteiger partial charge in [-0.25, -0.2) is 0 Å². The summed E-state index contributed by atoms with van der Waals surface area (Å²) in [5, 5.41) is 10.1. The molecular formula is C16H20N2O2S. The first-order valence-electron chi connectivity index (χ1n) is 6.94. The predicted molar refractivity (Wildman–Crippen MR) is 87.7 cm³/mol. The van der Waals surface area contributed by atoms with Gasteiger partial charge in [0.1, 0.15) is 11.4 Å². The summed E-state index contributed by atoms with van der Waals surface area (Å²) in [6.07, 6.45) is 0. The number of nitrogens with zero attached hydrogens (tertiary/aromatic N) is 1. The lowest BCUT2D eigenvalue weighted by atomic mass is 10.1. The molecule has 5 heteroatoms. The van der Waals surface area contributed by atoms with Crippen LogP contribution in [-0.2, 0) is 5.75 Å². The van der Waals surface area contributed by atoms with Gasteiger partial charge < -0.3 is 10.1 Å². The second kappa shape index (κ2) is 6.80. The average molecular weight is 304 g/mol. The Bertz CT molecular complexity index is 680. The number of hydrogen-bond donors (Lipinski definition) is 2. The molecule has 0 unspecified atom stereocenters. The molecule has 1 heterocycles. The summed E-state index contributed by atoms with van der Waals surface area (Å²) in [5.74, 6) is 2.48. The zero-order valence-corrected chi connectivity index (χ0v) is 13.3. The predicted octanol–water partition coefficient (Wildman–Crippen LogP) is 3.34. The summed E-state index contributed by atoms with van der Waals surface area (Å²) in [6.45, 7) is 6.22. The van der Waals surface area contributed by atoms with Crippen LogP contribution in [0.5, 0.6) is 5.88 Å². The lowest BCUT2D eigenvalue weighted by Gasteiger charge is -2.07. The van der Waals surface area contributed by atoms with Gasteiger partial charge >= 0.3 is 0 Å².